The van der Waals surface area contributed by atoms with Gasteiger partial charge in [-0.1, -0.05) is 36.2 Å². The molecule has 0 aliphatic carbocycles. The predicted octanol–water partition coefficient (Wildman–Crippen LogP) is 2.53. The molecule has 2 rings (SSSR count). The minimum Gasteiger partial charge on any atom is -0.301 e. The molecule has 2 heterocycles. The van der Waals surface area contributed by atoms with Crippen molar-refractivity contribution < 1.29 is 0 Å². The monoisotopic (exact) mass is 273 g/mol. The Kier molecular flexibility index (Phi) is 4.62. The summed E-state index contributed by atoms with van der Waals surface area (Å²) in [6, 6.07) is 3.76. The smallest absolute Gasteiger partial charge is 0.135 e. The quantitative estimate of drug-likeness (QED) is 0.790. The molecule has 1 aromatic rings. The molecule has 1 aromatic heterocycles. The summed E-state index contributed by atoms with van der Waals surface area (Å²) < 4.78 is 0. The zero-order valence-electron chi connectivity index (χ0n) is 9.99. The van der Waals surface area contributed by atoms with Crippen molar-refractivity contribution in [3.63, 3.8) is 0 Å². The zero-order chi connectivity index (χ0) is 12.3. The van der Waals surface area contributed by atoms with Gasteiger partial charge >= 0.3 is 0 Å². The van der Waals surface area contributed by atoms with Gasteiger partial charge in [-0.05, 0) is 12.6 Å². The van der Waals surface area contributed by atoms with Gasteiger partial charge < -0.3 is 4.90 Å². The largest absolute Gasteiger partial charge is 0.301 e. The van der Waals surface area contributed by atoms with Crippen LogP contribution in [0.4, 0.5) is 0 Å². The second-order valence-corrected chi connectivity index (χ2v) is 5.04. The van der Waals surface area contributed by atoms with Crippen molar-refractivity contribution >= 4 is 23.2 Å². The third-order valence-corrected chi connectivity index (χ3v) is 3.74. The van der Waals surface area contributed by atoms with Gasteiger partial charge in [0.2, 0.25) is 0 Å². The van der Waals surface area contributed by atoms with E-state index in [9.17, 15) is 0 Å². The van der Waals surface area contributed by atoms with Crippen LogP contribution < -0.4 is 0 Å². The van der Waals surface area contributed by atoms with Gasteiger partial charge in [0.1, 0.15) is 10.3 Å². The van der Waals surface area contributed by atoms with Crippen LogP contribution in [0.5, 0.6) is 0 Å². The molecule has 0 bridgehead atoms. The van der Waals surface area contributed by atoms with E-state index in [1.807, 2.05) is 6.07 Å². The van der Waals surface area contributed by atoms with Crippen LogP contribution in [0.15, 0.2) is 12.1 Å². The number of rotatable bonds is 3. The van der Waals surface area contributed by atoms with Gasteiger partial charge in [0.25, 0.3) is 0 Å². The molecule has 0 atom stereocenters. The lowest BCUT2D eigenvalue weighted by Gasteiger charge is -2.34. The molecule has 0 unspecified atom stereocenters. The summed E-state index contributed by atoms with van der Waals surface area (Å²) in [4.78, 5) is 8.93. The van der Waals surface area contributed by atoms with Gasteiger partial charge in [0.15, 0.2) is 0 Å². The van der Waals surface area contributed by atoms with E-state index in [2.05, 4.69) is 21.7 Å². The van der Waals surface area contributed by atoms with Crippen LogP contribution >= 0.6 is 23.2 Å². The Morgan fingerprint density at radius 2 is 1.76 bits per heavy atom. The maximum absolute atomic E-state index is 6.07. The first-order chi connectivity index (χ1) is 8.19. The van der Waals surface area contributed by atoms with Gasteiger partial charge in [-0.3, -0.25) is 4.90 Å². The minimum atomic E-state index is 0.453. The van der Waals surface area contributed by atoms with E-state index in [-0.39, 0.29) is 0 Å². The molecule has 0 saturated carbocycles. The Hall–Kier alpha value is -0.350. The van der Waals surface area contributed by atoms with Crippen molar-refractivity contribution in [1.82, 2.24) is 14.8 Å². The van der Waals surface area contributed by atoms with Crippen LogP contribution in [-0.2, 0) is 6.54 Å². The van der Waals surface area contributed by atoms with Crippen LogP contribution in [0.3, 0.4) is 0 Å². The van der Waals surface area contributed by atoms with Crippen LogP contribution in [0.1, 0.15) is 12.5 Å². The third kappa shape index (κ3) is 3.55. The number of pyridine rings is 1. The topological polar surface area (TPSA) is 19.4 Å². The number of aromatic nitrogens is 1. The molecule has 3 nitrogen and oxygen atoms in total. The Morgan fingerprint density at radius 3 is 2.35 bits per heavy atom. The molecule has 1 saturated heterocycles. The molecule has 0 N–H and O–H groups in total. The highest BCUT2D eigenvalue weighted by atomic mass is 35.5. The fraction of sp³-hybridized carbons (Fsp3) is 0.583. The fourth-order valence-electron chi connectivity index (χ4n) is 2.06. The van der Waals surface area contributed by atoms with Crippen molar-refractivity contribution in [3.05, 3.63) is 28.0 Å². The predicted molar refractivity (Wildman–Crippen MR) is 71.6 cm³/mol. The molecule has 1 aliphatic rings. The molecular weight excluding hydrogens is 257 g/mol. The number of halogens is 2. The highest BCUT2D eigenvalue weighted by Crippen LogP contribution is 2.18. The second-order valence-electron chi connectivity index (χ2n) is 4.29. The molecule has 5 heteroatoms. The highest BCUT2D eigenvalue weighted by molar-refractivity contribution is 6.32. The van der Waals surface area contributed by atoms with Crippen molar-refractivity contribution in [2.75, 3.05) is 32.7 Å². The summed E-state index contributed by atoms with van der Waals surface area (Å²) in [6.45, 7) is 8.65. The van der Waals surface area contributed by atoms with Crippen molar-refractivity contribution in [2.24, 2.45) is 0 Å². The SMILES string of the molecule is CCN1CCN(Cc2ccc(Cl)nc2Cl)CC1. The van der Waals surface area contributed by atoms with E-state index in [4.69, 9.17) is 23.2 Å². The summed E-state index contributed by atoms with van der Waals surface area (Å²) in [6.07, 6.45) is 0. The third-order valence-electron chi connectivity index (χ3n) is 3.20. The van der Waals surface area contributed by atoms with Gasteiger partial charge in [-0.15, -0.1) is 0 Å². The number of nitrogens with zero attached hydrogens (tertiary/aromatic N) is 3. The van der Waals surface area contributed by atoms with Gasteiger partial charge in [0, 0.05) is 38.3 Å². The van der Waals surface area contributed by atoms with Gasteiger partial charge in [-0.25, -0.2) is 4.98 Å². The average molecular weight is 274 g/mol. The van der Waals surface area contributed by atoms with Crippen molar-refractivity contribution in [2.45, 2.75) is 13.5 Å². The number of piperazine rings is 1. The molecule has 0 spiro atoms. The summed E-state index contributed by atoms with van der Waals surface area (Å²) in [5, 5.41) is 0.977. The maximum Gasteiger partial charge on any atom is 0.135 e. The van der Waals surface area contributed by atoms with Crippen LogP contribution in [0, 0.1) is 0 Å². The first-order valence-corrected chi connectivity index (χ1v) is 6.70. The lowest BCUT2D eigenvalue weighted by Crippen LogP contribution is -2.45. The van der Waals surface area contributed by atoms with E-state index in [0.717, 1.165) is 44.8 Å². The molecule has 0 aromatic carbocycles. The molecule has 17 heavy (non-hydrogen) atoms. The van der Waals surface area contributed by atoms with Gasteiger partial charge in [0.05, 0.1) is 0 Å². The first-order valence-electron chi connectivity index (χ1n) is 5.94. The minimum absolute atomic E-state index is 0.453. The maximum atomic E-state index is 6.07. The Morgan fingerprint density at radius 1 is 1.12 bits per heavy atom. The zero-order valence-corrected chi connectivity index (χ0v) is 11.5. The summed E-state index contributed by atoms with van der Waals surface area (Å²) in [5.41, 5.74) is 1.06. The fourth-order valence-corrected chi connectivity index (χ4v) is 2.47. The van der Waals surface area contributed by atoms with Gasteiger partial charge in [-0.2, -0.15) is 0 Å². The van der Waals surface area contributed by atoms with Crippen molar-refractivity contribution in [3.8, 4) is 0 Å². The lowest BCUT2D eigenvalue weighted by molar-refractivity contribution is 0.132. The van der Waals surface area contributed by atoms with E-state index < -0.39 is 0 Å². The molecule has 1 aliphatic heterocycles. The normalized spacial score (nSPS) is 18.5. The first kappa shape index (κ1) is 13.1. The van der Waals surface area contributed by atoms with E-state index in [1.165, 1.54) is 0 Å². The van der Waals surface area contributed by atoms with E-state index >= 15 is 0 Å². The molecule has 0 radical (unpaired) electrons. The Bertz CT molecular complexity index is 376. The second kappa shape index (κ2) is 6.01. The molecule has 0 amide bonds. The van der Waals surface area contributed by atoms with Crippen LogP contribution in [0.2, 0.25) is 10.3 Å². The highest BCUT2D eigenvalue weighted by Gasteiger charge is 2.16. The molecule has 1 fully saturated rings. The summed E-state index contributed by atoms with van der Waals surface area (Å²) >= 11 is 11.9. The van der Waals surface area contributed by atoms with Crippen molar-refractivity contribution in [1.29, 1.82) is 0 Å². The number of likely N-dealkylation sites (N-methyl/N-ethyl adjacent to an activating group) is 1. The molecule has 94 valence electrons. The average Bonchev–Trinajstić information content (AvgIpc) is 2.34. The summed E-state index contributed by atoms with van der Waals surface area (Å²) in [5.74, 6) is 0. The van der Waals surface area contributed by atoms with Crippen LogP contribution in [0.25, 0.3) is 0 Å². The lowest BCUT2D eigenvalue weighted by atomic mass is 10.2. The Balaban J connectivity index is 1.93. The number of hydrogen-bond acceptors (Lipinski definition) is 3. The molecular formula is C12H17Cl2N3. The summed E-state index contributed by atoms with van der Waals surface area (Å²) in [7, 11) is 0. The standard InChI is InChI=1S/C12H17Cl2N3/c1-2-16-5-7-17(8-6-16)9-10-3-4-11(13)15-12(10)14/h3-4H,2,5-9H2,1H3. The van der Waals surface area contributed by atoms with E-state index in [1.54, 1.807) is 6.07 Å². The van der Waals surface area contributed by atoms with Crippen LogP contribution in [-0.4, -0.2) is 47.5 Å². The Labute approximate surface area is 112 Å². The van der Waals surface area contributed by atoms with E-state index in [0.29, 0.717) is 10.3 Å². The number of hydrogen-bond donors (Lipinski definition) is 0.